The van der Waals surface area contributed by atoms with Crippen molar-refractivity contribution in [1.29, 1.82) is 5.26 Å². The predicted octanol–water partition coefficient (Wildman–Crippen LogP) is 2.17. The number of para-hydroxylation sites is 1. The number of anilines is 1. The zero-order valence-electron chi connectivity index (χ0n) is 15.3. The molecule has 3 aromatic rings. The van der Waals surface area contributed by atoms with Gasteiger partial charge in [-0.1, -0.05) is 6.07 Å². The van der Waals surface area contributed by atoms with Gasteiger partial charge in [-0.15, -0.1) is 0 Å². The van der Waals surface area contributed by atoms with Crippen molar-refractivity contribution in [3.63, 3.8) is 0 Å². The number of Topliss-reactive ketones (excluding diaryl/α,β-unsaturated/α-hetero) is 1. The van der Waals surface area contributed by atoms with Gasteiger partial charge in [-0.25, -0.2) is 4.98 Å². The molecule has 0 atom stereocenters. The van der Waals surface area contributed by atoms with E-state index in [0.29, 0.717) is 45.2 Å². The number of hydrogen-bond donors (Lipinski definition) is 2. The highest BCUT2D eigenvalue weighted by molar-refractivity contribution is 6.26. The van der Waals surface area contributed by atoms with E-state index in [2.05, 4.69) is 16.0 Å². The number of benzene rings is 2. The van der Waals surface area contributed by atoms with Gasteiger partial charge < -0.3 is 25.1 Å². The van der Waals surface area contributed by atoms with E-state index in [4.69, 9.17) is 15.2 Å². The first-order valence-electron chi connectivity index (χ1n) is 8.48. The number of aromatic nitrogens is 2. The van der Waals surface area contributed by atoms with Crippen LogP contribution in [0.1, 0.15) is 11.4 Å². The van der Waals surface area contributed by atoms with Crippen LogP contribution in [0.5, 0.6) is 11.5 Å². The maximum Gasteiger partial charge on any atom is 0.189 e. The summed E-state index contributed by atoms with van der Waals surface area (Å²) in [6.45, 7) is 0.0691. The maximum atomic E-state index is 12.7. The molecule has 0 unspecified atom stereocenters. The van der Waals surface area contributed by atoms with E-state index in [1.54, 1.807) is 55.5 Å². The van der Waals surface area contributed by atoms with Crippen LogP contribution < -0.4 is 20.1 Å². The lowest BCUT2D eigenvalue weighted by Gasteiger charge is -2.20. The van der Waals surface area contributed by atoms with Crippen LogP contribution in [-0.4, -0.2) is 36.5 Å². The van der Waals surface area contributed by atoms with Gasteiger partial charge in [-0.05, 0) is 12.1 Å². The monoisotopic (exact) mass is 375 g/mol. The molecule has 28 heavy (non-hydrogen) atoms. The molecule has 0 amide bonds. The van der Waals surface area contributed by atoms with E-state index in [9.17, 15) is 10.1 Å². The number of imidazole rings is 1. The molecule has 1 aliphatic rings. The third-order valence-electron chi connectivity index (χ3n) is 4.65. The van der Waals surface area contributed by atoms with Crippen molar-refractivity contribution in [2.45, 2.75) is 0 Å². The minimum atomic E-state index is -0.170. The topological polar surface area (TPSA) is 117 Å². The summed E-state index contributed by atoms with van der Waals surface area (Å²) in [7, 11) is 3.11. The molecular weight excluding hydrogens is 358 g/mol. The smallest absolute Gasteiger partial charge is 0.189 e. The van der Waals surface area contributed by atoms with Crippen molar-refractivity contribution in [3.8, 4) is 17.6 Å². The van der Waals surface area contributed by atoms with E-state index in [1.165, 1.54) is 0 Å². The van der Waals surface area contributed by atoms with Crippen molar-refractivity contribution in [2.24, 2.45) is 5.73 Å². The Morgan fingerprint density at radius 1 is 1.21 bits per heavy atom. The van der Waals surface area contributed by atoms with Gasteiger partial charge in [0.15, 0.2) is 5.78 Å². The molecular formula is C20H17N5O3. The number of H-pyrrole nitrogens is 1. The lowest BCUT2D eigenvalue weighted by Crippen LogP contribution is -2.25. The van der Waals surface area contributed by atoms with Crippen molar-refractivity contribution >= 4 is 28.1 Å². The summed E-state index contributed by atoms with van der Waals surface area (Å²) in [5.74, 6) is 1.63. The Bertz CT molecular complexity index is 1150. The highest BCUT2D eigenvalue weighted by Gasteiger charge is 2.32. The fourth-order valence-electron chi connectivity index (χ4n) is 3.26. The number of nitrogens with two attached hydrogens (primary N) is 1. The van der Waals surface area contributed by atoms with Crippen LogP contribution in [0.25, 0.3) is 16.6 Å². The number of nitrogens with one attached hydrogen (secondary N) is 1. The van der Waals surface area contributed by atoms with Crippen molar-refractivity contribution in [3.05, 3.63) is 53.6 Å². The van der Waals surface area contributed by atoms with E-state index in [1.807, 2.05) is 0 Å². The first-order valence-corrected chi connectivity index (χ1v) is 8.48. The van der Waals surface area contributed by atoms with Crippen LogP contribution in [0.2, 0.25) is 0 Å². The number of fused-ring (bicyclic) bond motifs is 1. The zero-order chi connectivity index (χ0) is 19.8. The lowest BCUT2D eigenvalue weighted by atomic mass is 10.2. The number of carbonyl (C=O) groups excluding carboxylic acids is 1. The molecule has 0 bridgehead atoms. The summed E-state index contributed by atoms with van der Waals surface area (Å²) in [5.41, 5.74) is 8.91. The molecule has 0 saturated carbocycles. The number of carbonyl (C=O) groups is 1. The molecule has 3 N–H and O–H groups in total. The van der Waals surface area contributed by atoms with E-state index < -0.39 is 0 Å². The number of hydrogen-bond acceptors (Lipinski definition) is 7. The Morgan fingerprint density at radius 2 is 1.93 bits per heavy atom. The number of ether oxygens (including phenoxy) is 2. The van der Waals surface area contributed by atoms with E-state index >= 15 is 0 Å². The number of rotatable bonds is 4. The SMILES string of the molecule is COc1cc(OC)cc(N2CC(=O)C(c3nc4c(C#N)cccc4[nH]3)=C2N)c1. The first kappa shape index (κ1) is 17.4. The average Bonchev–Trinajstić information content (AvgIpc) is 3.27. The fourth-order valence-corrected chi connectivity index (χ4v) is 3.26. The summed E-state index contributed by atoms with van der Waals surface area (Å²) in [4.78, 5) is 22.0. The second kappa shape index (κ2) is 6.63. The second-order valence-electron chi connectivity index (χ2n) is 6.24. The molecule has 0 aliphatic carbocycles. The number of aromatic amines is 1. The van der Waals surface area contributed by atoms with Crippen LogP contribution in [0, 0.1) is 11.3 Å². The highest BCUT2D eigenvalue weighted by atomic mass is 16.5. The Kier molecular flexibility index (Phi) is 4.12. The minimum Gasteiger partial charge on any atom is -0.497 e. The Hall–Kier alpha value is -3.99. The van der Waals surface area contributed by atoms with Crippen LogP contribution in [0.15, 0.2) is 42.2 Å². The second-order valence-corrected chi connectivity index (χ2v) is 6.24. The average molecular weight is 375 g/mol. The summed E-state index contributed by atoms with van der Waals surface area (Å²) < 4.78 is 10.6. The van der Waals surface area contributed by atoms with Gasteiger partial charge in [0.25, 0.3) is 0 Å². The highest BCUT2D eigenvalue weighted by Crippen LogP contribution is 2.34. The Balaban J connectivity index is 1.82. The number of ketones is 1. The van der Waals surface area contributed by atoms with Crippen molar-refractivity contribution < 1.29 is 14.3 Å². The fraction of sp³-hybridized carbons (Fsp3) is 0.150. The zero-order valence-corrected chi connectivity index (χ0v) is 15.3. The number of methoxy groups -OCH3 is 2. The minimum absolute atomic E-state index is 0.0691. The summed E-state index contributed by atoms with van der Waals surface area (Å²) in [5, 5.41) is 9.26. The van der Waals surface area contributed by atoms with Crippen LogP contribution in [0.4, 0.5) is 5.69 Å². The van der Waals surface area contributed by atoms with Crippen molar-refractivity contribution in [2.75, 3.05) is 25.7 Å². The molecule has 2 aromatic carbocycles. The molecule has 1 aliphatic heterocycles. The normalized spacial score (nSPS) is 13.9. The van der Waals surface area contributed by atoms with Crippen LogP contribution >= 0.6 is 0 Å². The van der Waals surface area contributed by atoms with Crippen LogP contribution in [0.3, 0.4) is 0 Å². The molecule has 0 fully saturated rings. The van der Waals surface area contributed by atoms with Crippen LogP contribution in [-0.2, 0) is 4.79 Å². The largest absolute Gasteiger partial charge is 0.497 e. The molecule has 4 rings (SSSR count). The van der Waals surface area contributed by atoms with Gasteiger partial charge in [0.2, 0.25) is 0 Å². The molecule has 8 nitrogen and oxygen atoms in total. The molecule has 1 aromatic heterocycles. The molecule has 0 saturated heterocycles. The van der Waals surface area contributed by atoms with E-state index in [-0.39, 0.29) is 18.1 Å². The Labute approximate surface area is 160 Å². The standard InChI is InChI=1S/C20H17N5O3/c1-27-13-6-12(7-14(8-13)28-2)25-10-16(26)17(19(25)22)20-23-15-5-3-4-11(9-21)18(15)24-20/h3-8H,10,22H2,1-2H3,(H,23,24). The summed E-state index contributed by atoms with van der Waals surface area (Å²) in [6, 6.07) is 12.6. The Morgan fingerprint density at radius 3 is 2.57 bits per heavy atom. The molecule has 0 spiro atoms. The molecule has 140 valence electrons. The predicted molar refractivity (Wildman–Crippen MR) is 104 cm³/mol. The third kappa shape index (κ3) is 2.70. The van der Waals surface area contributed by atoms with Gasteiger partial charge >= 0.3 is 0 Å². The van der Waals surface area contributed by atoms with Crippen molar-refractivity contribution in [1.82, 2.24) is 9.97 Å². The van der Waals surface area contributed by atoms with Gasteiger partial charge in [-0.2, -0.15) is 5.26 Å². The van der Waals surface area contributed by atoms with Gasteiger partial charge in [0, 0.05) is 18.2 Å². The number of nitrogens with zero attached hydrogens (tertiary/aromatic N) is 3. The third-order valence-corrected chi connectivity index (χ3v) is 4.65. The lowest BCUT2D eigenvalue weighted by molar-refractivity contribution is -0.112. The first-order chi connectivity index (χ1) is 13.5. The summed E-state index contributed by atoms with van der Waals surface area (Å²) >= 11 is 0. The summed E-state index contributed by atoms with van der Waals surface area (Å²) in [6.07, 6.45) is 0. The van der Waals surface area contributed by atoms with E-state index in [0.717, 1.165) is 0 Å². The van der Waals surface area contributed by atoms with Gasteiger partial charge in [0.05, 0.1) is 37.5 Å². The maximum absolute atomic E-state index is 12.7. The number of nitriles is 1. The van der Waals surface area contributed by atoms with Gasteiger partial charge in [0.1, 0.15) is 40.3 Å². The molecule has 8 heteroatoms. The molecule has 0 radical (unpaired) electrons. The molecule has 2 heterocycles. The quantitative estimate of drug-likeness (QED) is 0.717. The van der Waals surface area contributed by atoms with Gasteiger partial charge in [-0.3, -0.25) is 4.79 Å².